The molecule has 0 aromatic heterocycles. The van der Waals surface area contributed by atoms with E-state index in [4.69, 9.17) is 9.47 Å². The van der Waals surface area contributed by atoms with E-state index in [1.165, 1.54) is 6.42 Å². The lowest BCUT2D eigenvalue weighted by Gasteiger charge is -2.53. The largest absolute Gasteiger partial charge is 0.504 e. The van der Waals surface area contributed by atoms with Gasteiger partial charge in [-0.2, -0.15) is 0 Å². The molecule has 0 spiro atoms. The number of hydrogen-bond acceptors (Lipinski definition) is 6. The molecule has 8 atom stereocenters. The summed E-state index contributed by atoms with van der Waals surface area (Å²) in [4.78, 5) is 13.0. The van der Waals surface area contributed by atoms with Crippen molar-refractivity contribution in [1.29, 1.82) is 0 Å². The van der Waals surface area contributed by atoms with Crippen LogP contribution in [0.15, 0.2) is 22.5 Å². The molecule has 0 aromatic rings. The van der Waals surface area contributed by atoms with E-state index in [1.54, 1.807) is 11.1 Å². The van der Waals surface area contributed by atoms with E-state index in [0.29, 0.717) is 17.9 Å². The van der Waals surface area contributed by atoms with Crippen LogP contribution in [0.25, 0.3) is 0 Å². The Morgan fingerprint density at radius 2 is 1.84 bits per heavy atom. The maximum atomic E-state index is 13.0. The summed E-state index contributed by atoms with van der Waals surface area (Å²) in [7, 11) is 0. The van der Waals surface area contributed by atoms with Crippen LogP contribution in [0.1, 0.15) is 66.2 Å². The molecule has 0 amide bonds. The number of carbonyl (C=O) groups is 1. The number of rotatable bonds is 1. The molecule has 0 aromatic carbocycles. The van der Waals surface area contributed by atoms with Crippen LogP contribution >= 0.6 is 0 Å². The second-order valence-electron chi connectivity index (χ2n) is 11.8. The van der Waals surface area contributed by atoms with Crippen LogP contribution in [0.2, 0.25) is 0 Å². The van der Waals surface area contributed by atoms with Crippen LogP contribution in [0.4, 0.5) is 0 Å². The molecule has 3 N–H and O–H groups in total. The average molecular weight is 431 g/mol. The highest BCUT2D eigenvalue weighted by molar-refractivity contribution is 6.03. The number of allylic oxidation sites excluding steroid dienone is 2. The van der Waals surface area contributed by atoms with Gasteiger partial charge in [-0.15, -0.1) is 0 Å². The van der Waals surface area contributed by atoms with Crippen molar-refractivity contribution < 1.29 is 29.6 Å². The minimum atomic E-state index is -2.15. The van der Waals surface area contributed by atoms with Gasteiger partial charge in [0, 0.05) is 11.3 Å². The van der Waals surface area contributed by atoms with E-state index >= 15 is 0 Å². The highest BCUT2D eigenvalue weighted by Crippen LogP contribution is 2.69. The molecule has 6 aliphatic rings. The van der Waals surface area contributed by atoms with Gasteiger partial charge in [0.1, 0.15) is 0 Å². The van der Waals surface area contributed by atoms with E-state index < -0.39 is 35.3 Å². The molecule has 0 radical (unpaired) electrons. The van der Waals surface area contributed by atoms with Crippen molar-refractivity contribution in [1.82, 2.24) is 0 Å². The third-order valence-electron chi connectivity index (χ3n) is 10.1. The van der Waals surface area contributed by atoms with Crippen LogP contribution < -0.4 is 0 Å². The van der Waals surface area contributed by atoms with Gasteiger partial charge >= 0.3 is 0 Å². The Morgan fingerprint density at radius 3 is 2.55 bits per heavy atom. The van der Waals surface area contributed by atoms with E-state index in [2.05, 4.69) is 27.7 Å². The van der Waals surface area contributed by atoms with Crippen molar-refractivity contribution in [3.63, 3.8) is 0 Å². The summed E-state index contributed by atoms with van der Waals surface area (Å²) >= 11 is 0. The summed E-state index contributed by atoms with van der Waals surface area (Å²) in [5.74, 6) is -1.10. The molecule has 2 saturated carbocycles. The maximum absolute atomic E-state index is 13.0. The highest BCUT2D eigenvalue weighted by Gasteiger charge is 2.79. The normalized spacial score (nSPS) is 53.1. The van der Waals surface area contributed by atoms with Gasteiger partial charge in [-0.25, -0.2) is 0 Å². The number of ketones is 1. The van der Waals surface area contributed by atoms with Crippen molar-refractivity contribution in [2.24, 2.45) is 28.6 Å². The van der Waals surface area contributed by atoms with Crippen LogP contribution in [0.3, 0.4) is 0 Å². The second-order valence-corrected chi connectivity index (χ2v) is 11.8. The van der Waals surface area contributed by atoms with Crippen molar-refractivity contribution in [3.05, 3.63) is 22.5 Å². The summed E-state index contributed by atoms with van der Waals surface area (Å²) in [5, 5.41) is 33.9. The van der Waals surface area contributed by atoms with Gasteiger partial charge in [0.2, 0.25) is 5.78 Å². The van der Waals surface area contributed by atoms with Gasteiger partial charge in [-0.05, 0) is 61.3 Å². The molecular weight excluding hydrogens is 396 g/mol. The van der Waals surface area contributed by atoms with Crippen molar-refractivity contribution in [2.75, 3.05) is 6.61 Å². The van der Waals surface area contributed by atoms with Crippen LogP contribution in [0, 0.1) is 28.6 Å². The second kappa shape index (κ2) is 5.82. The number of hydrogen-bond donors (Lipinski definition) is 3. The molecule has 2 heterocycles. The minimum absolute atomic E-state index is 0.189. The third-order valence-corrected chi connectivity index (χ3v) is 10.1. The molecule has 8 unspecified atom stereocenters. The van der Waals surface area contributed by atoms with E-state index in [1.807, 2.05) is 0 Å². The highest BCUT2D eigenvalue weighted by atomic mass is 16.7. The Labute approximate surface area is 183 Å². The molecule has 4 aliphatic carbocycles. The van der Waals surface area contributed by atoms with Crippen LogP contribution in [-0.4, -0.2) is 51.3 Å². The molecule has 6 rings (SSSR count). The Kier molecular flexibility index (Phi) is 3.83. The summed E-state index contributed by atoms with van der Waals surface area (Å²) in [6, 6.07) is 0. The summed E-state index contributed by atoms with van der Waals surface area (Å²) in [6.07, 6.45) is 4.21. The summed E-state index contributed by atoms with van der Waals surface area (Å²) < 4.78 is 12.1. The molecule has 6 nitrogen and oxygen atoms in total. The van der Waals surface area contributed by atoms with Crippen LogP contribution in [0.5, 0.6) is 0 Å². The van der Waals surface area contributed by atoms with Gasteiger partial charge < -0.3 is 24.8 Å². The van der Waals surface area contributed by atoms with E-state index in [9.17, 15) is 20.1 Å². The lowest BCUT2D eigenvalue weighted by Crippen LogP contribution is -2.67. The smallest absolute Gasteiger partial charge is 0.234 e. The number of fused-ring (bicyclic) bond motifs is 4. The van der Waals surface area contributed by atoms with Gasteiger partial charge in [0.15, 0.2) is 23.3 Å². The number of Topliss-reactive ketones (excluding diaryl/α,β-unsaturated/α-hetero) is 1. The van der Waals surface area contributed by atoms with Gasteiger partial charge in [0.25, 0.3) is 0 Å². The van der Waals surface area contributed by atoms with E-state index in [0.717, 1.165) is 25.7 Å². The lowest BCUT2D eigenvalue weighted by atomic mass is 9.52. The molecule has 170 valence electrons. The Balaban J connectivity index is 1.56. The maximum Gasteiger partial charge on any atom is 0.234 e. The monoisotopic (exact) mass is 430 g/mol. The van der Waals surface area contributed by atoms with Crippen molar-refractivity contribution >= 4 is 5.78 Å². The molecule has 4 fully saturated rings. The Morgan fingerprint density at radius 1 is 1.10 bits per heavy atom. The third kappa shape index (κ3) is 2.07. The fraction of sp³-hybridized carbons (Fsp3) is 0.800. The summed E-state index contributed by atoms with van der Waals surface area (Å²) in [6.45, 7) is 8.85. The quantitative estimate of drug-likeness (QED) is 0.553. The van der Waals surface area contributed by atoms with Gasteiger partial charge in [-0.1, -0.05) is 38.8 Å². The van der Waals surface area contributed by atoms with Gasteiger partial charge in [-0.3, -0.25) is 4.79 Å². The SMILES string of the molecule is CC(C)C1=C2C3CCC4=C(O)C(=O)C5(O)COC6OC(C4C65O)C3(C)CCC2(C)CC1. The van der Waals surface area contributed by atoms with Crippen molar-refractivity contribution in [2.45, 2.75) is 89.8 Å². The van der Waals surface area contributed by atoms with Gasteiger partial charge in [0.05, 0.1) is 12.7 Å². The standard InChI is InChI=1S/C25H34O6/c1-12(2)13-7-8-22(3)9-10-23(4)15(16(13)22)6-5-14-17-20(23)31-21-25(17,29)24(28,11-30-21)19(27)18(14)26/h12,15,17,20-21,26,28-29H,5-11H2,1-4H3. The lowest BCUT2D eigenvalue weighted by molar-refractivity contribution is -0.188. The van der Waals surface area contributed by atoms with Crippen molar-refractivity contribution in [3.8, 4) is 0 Å². The molecule has 6 heteroatoms. The summed E-state index contributed by atoms with van der Waals surface area (Å²) in [5.41, 5.74) is -0.408. The fourth-order valence-corrected chi connectivity index (χ4v) is 8.35. The Hall–Kier alpha value is -1.21. The molecule has 2 aliphatic heterocycles. The van der Waals surface area contributed by atoms with Crippen LogP contribution in [-0.2, 0) is 14.3 Å². The Bertz CT molecular complexity index is 950. The minimum Gasteiger partial charge on any atom is -0.504 e. The number of ether oxygens (including phenoxy) is 2. The zero-order valence-electron chi connectivity index (χ0n) is 18.9. The molecular formula is C25H34O6. The molecule has 0 bridgehead atoms. The average Bonchev–Trinajstić information content (AvgIpc) is 3.28. The zero-order chi connectivity index (χ0) is 22.1. The molecule has 2 saturated heterocycles. The first kappa shape index (κ1) is 20.4. The predicted molar refractivity (Wildman–Crippen MR) is 112 cm³/mol. The molecule has 31 heavy (non-hydrogen) atoms. The van der Waals surface area contributed by atoms with E-state index in [-0.39, 0.29) is 29.1 Å². The first-order chi connectivity index (χ1) is 14.5. The fourth-order valence-electron chi connectivity index (χ4n) is 8.35. The number of aliphatic hydroxyl groups excluding tert-OH is 1. The topological polar surface area (TPSA) is 96.2 Å². The number of aliphatic hydroxyl groups is 3. The first-order valence-corrected chi connectivity index (χ1v) is 11.9. The zero-order valence-corrected chi connectivity index (χ0v) is 18.9. The first-order valence-electron chi connectivity index (χ1n) is 11.9. The predicted octanol–water partition coefficient (Wildman–Crippen LogP) is 3.18. The number of carbonyl (C=O) groups excluding carboxylic acids is 1.